The summed E-state index contributed by atoms with van der Waals surface area (Å²) in [5.41, 5.74) is -0.402. The standard InChI is InChI=1S/C17H25NO4S/c1-17(2,16-12-21-16)22-14-8-10-15(11-9-14)23(19,20)18-13-6-4-3-5-7-13/h8-11,13,16,18H,3-7,12H2,1-2H3. The molecule has 128 valence electrons. The maximum absolute atomic E-state index is 12.4. The van der Waals surface area contributed by atoms with Gasteiger partial charge in [-0.3, -0.25) is 0 Å². The third-order valence-electron chi connectivity index (χ3n) is 4.55. The van der Waals surface area contributed by atoms with Crippen LogP contribution in [0.5, 0.6) is 5.75 Å². The Morgan fingerprint density at radius 3 is 2.30 bits per heavy atom. The SMILES string of the molecule is CC(C)(Oc1ccc(S(=O)(=O)NC2CCCCC2)cc1)C1CO1. The number of ether oxygens (including phenoxy) is 2. The molecule has 1 saturated carbocycles. The summed E-state index contributed by atoms with van der Waals surface area (Å²) in [6.07, 6.45) is 5.35. The number of rotatable bonds is 6. The summed E-state index contributed by atoms with van der Waals surface area (Å²) in [5.74, 6) is 0.655. The summed E-state index contributed by atoms with van der Waals surface area (Å²) in [6, 6.07) is 6.68. The van der Waals surface area contributed by atoms with Gasteiger partial charge in [-0.1, -0.05) is 19.3 Å². The third-order valence-corrected chi connectivity index (χ3v) is 6.09. The van der Waals surface area contributed by atoms with Crippen LogP contribution in [0.3, 0.4) is 0 Å². The zero-order valence-corrected chi connectivity index (χ0v) is 14.6. The molecule has 3 rings (SSSR count). The first-order valence-electron chi connectivity index (χ1n) is 8.30. The van der Waals surface area contributed by atoms with Gasteiger partial charge in [-0.25, -0.2) is 13.1 Å². The van der Waals surface area contributed by atoms with Gasteiger partial charge in [0.15, 0.2) is 0 Å². The second-order valence-electron chi connectivity index (χ2n) is 6.96. The number of hydrogen-bond acceptors (Lipinski definition) is 4. The molecule has 0 bridgehead atoms. The van der Waals surface area contributed by atoms with Gasteiger partial charge < -0.3 is 9.47 Å². The first kappa shape index (κ1) is 16.7. The summed E-state index contributed by atoms with van der Waals surface area (Å²) in [6.45, 7) is 4.66. The number of benzene rings is 1. The first-order chi connectivity index (χ1) is 10.9. The normalized spacial score (nSPS) is 22.8. The summed E-state index contributed by atoms with van der Waals surface area (Å²) in [7, 11) is -3.45. The van der Waals surface area contributed by atoms with E-state index in [0.717, 1.165) is 25.7 Å². The zero-order valence-electron chi connectivity index (χ0n) is 13.7. The van der Waals surface area contributed by atoms with E-state index >= 15 is 0 Å². The van der Waals surface area contributed by atoms with Crippen molar-refractivity contribution in [2.45, 2.75) is 68.6 Å². The van der Waals surface area contributed by atoms with Crippen LogP contribution in [0.4, 0.5) is 0 Å². The lowest BCUT2D eigenvalue weighted by atomic mass is 9.96. The van der Waals surface area contributed by atoms with Gasteiger partial charge in [-0.15, -0.1) is 0 Å². The fourth-order valence-electron chi connectivity index (χ4n) is 3.01. The van der Waals surface area contributed by atoms with Crippen molar-refractivity contribution in [1.29, 1.82) is 0 Å². The molecule has 6 heteroatoms. The molecule has 1 saturated heterocycles. The second kappa shape index (κ2) is 6.42. The van der Waals surface area contributed by atoms with Gasteiger partial charge in [0.1, 0.15) is 17.5 Å². The minimum atomic E-state index is -3.45. The summed E-state index contributed by atoms with van der Waals surface area (Å²) in [5, 5.41) is 0. The number of epoxide rings is 1. The molecule has 1 aromatic carbocycles. The van der Waals surface area contributed by atoms with E-state index in [-0.39, 0.29) is 17.0 Å². The fraction of sp³-hybridized carbons (Fsp3) is 0.647. The third kappa shape index (κ3) is 4.25. The molecule has 0 radical (unpaired) electrons. The van der Waals surface area contributed by atoms with Gasteiger partial charge >= 0.3 is 0 Å². The van der Waals surface area contributed by atoms with E-state index in [4.69, 9.17) is 9.47 Å². The van der Waals surface area contributed by atoms with Crippen LogP contribution >= 0.6 is 0 Å². The predicted octanol–water partition coefficient (Wildman–Crippen LogP) is 2.85. The molecule has 5 nitrogen and oxygen atoms in total. The zero-order chi connectivity index (χ0) is 16.5. The Labute approximate surface area is 138 Å². The topological polar surface area (TPSA) is 67.9 Å². The highest BCUT2D eigenvalue weighted by Crippen LogP contribution is 2.30. The van der Waals surface area contributed by atoms with Gasteiger partial charge in [0.05, 0.1) is 11.5 Å². The Morgan fingerprint density at radius 2 is 1.74 bits per heavy atom. The van der Waals surface area contributed by atoms with Crippen LogP contribution in [-0.2, 0) is 14.8 Å². The van der Waals surface area contributed by atoms with Crippen molar-refractivity contribution in [2.24, 2.45) is 0 Å². The van der Waals surface area contributed by atoms with Crippen molar-refractivity contribution < 1.29 is 17.9 Å². The number of sulfonamides is 1. The average Bonchev–Trinajstić information content (AvgIpc) is 3.33. The van der Waals surface area contributed by atoms with E-state index < -0.39 is 15.6 Å². The van der Waals surface area contributed by atoms with E-state index in [1.165, 1.54) is 6.42 Å². The molecule has 1 unspecified atom stereocenters. The van der Waals surface area contributed by atoms with Crippen LogP contribution in [0.25, 0.3) is 0 Å². The van der Waals surface area contributed by atoms with Crippen molar-refractivity contribution in [3.8, 4) is 5.75 Å². The second-order valence-corrected chi connectivity index (χ2v) is 8.67. The van der Waals surface area contributed by atoms with Gasteiger partial charge in [0, 0.05) is 6.04 Å². The number of hydrogen-bond donors (Lipinski definition) is 1. The largest absolute Gasteiger partial charge is 0.485 e. The lowest BCUT2D eigenvalue weighted by Gasteiger charge is -2.25. The molecule has 2 fully saturated rings. The Balaban J connectivity index is 1.65. The minimum absolute atomic E-state index is 0.0654. The van der Waals surface area contributed by atoms with Gasteiger partial charge in [-0.05, 0) is 51.0 Å². The molecule has 1 heterocycles. The van der Waals surface area contributed by atoms with Crippen molar-refractivity contribution in [2.75, 3.05) is 6.61 Å². The molecule has 1 N–H and O–H groups in total. The quantitative estimate of drug-likeness (QED) is 0.809. The first-order valence-corrected chi connectivity index (χ1v) is 9.78. The van der Waals surface area contributed by atoms with E-state index in [1.54, 1.807) is 24.3 Å². The lowest BCUT2D eigenvalue weighted by molar-refractivity contribution is 0.0743. The van der Waals surface area contributed by atoms with Crippen molar-refractivity contribution >= 4 is 10.0 Å². The molecule has 0 amide bonds. The van der Waals surface area contributed by atoms with Crippen LogP contribution in [-0.4, -0.2) is 32.8 Å². The lowest BCUT2D eigenvalue weighted by Crippen LogP contribution is -2.36. The van der Waals surface area contributed by atoms with Crippen molar-refractivity contribution in [3.05, 3.63) is 24.3 Å². The molecule has 1 aromatic rings. The molecular formula is C17H25NO4S. The Bertz CT molecular complexity index is 629. The Hall–Kier alpha value is -1.11. The van der Waals surface area contributed by atoms with Crippen molar-refractivity contribution in [1.82, 2.24) is 4.72 Å². The van der Waals surface area contributed by atoms with Crippen LogP contribution in [0.2, 0.25) is 0 Å². The molecule has 23 heavy (non-hydrogen) atoms. The predicted molar refractivity (Wildman–Crippen MR) is 88.1 cm³/mol. The summed E-state index contributed by atoms with van der Waals surface area (Å²) >= 11 is 0. The molecular weight excluding hydrogens is 314 g/mol. The van der Waals surface area contributed by atoms with E-state index in [0.29, 0.717) is 12.4 Å². The van der Waals surface area contributed by atoms with Gasteiger partial charge in [0.2, 0.25) is 10.0 Å². The maximum Gasteiger partial charge on any atom is 0.240 e. The highest BCUT2D eigenvalue weighted by molar-refractivity contribution is 7.89. The fourth-order valence-corrected chi connectivity index (χ4v) is 4.32. The number of nitrogens with one attached hydrogen (secondary N) is 1. The summed E-state index contributed by atoms with van der Waals surface area (Å²) < 4.78 is 38.9. The highest BCUT2D eigenvalue weighted by atomic mass is 32.2. The van der Waals surface area contributed by atoms with Crippen LogP contribution in [0.15, 0.2) is 29.2 Å². The van der Waals surface area contributed by atoms with E-state index in [1.807, 2.05) is 13.8 Å². The molecule has 2 aliphatic rings. The molecule has 0 spiro atoms. The Morgan fingerprint density at radius 1 is 1.13 bits per heavy atom. The van der Waals surface area contributed by atoms with Gasteiger partial charge in [0.25, 0.3) is 0 Å². The maximum atomic E-state index is 12.4. The minimum Gasteiger partial charge on any atom is -0.485 e. The molecule has 1 atom stereocenters. The summed E-state index contributed by atoms with van der Waals surface area (Å²) in [4.78, 5) is 0.288. The molecule has 1 aliphatic carbocycles. The smallest absolute Gasteiger partial charge is 0.240 e. The molecule has 1 aliphatic heterocycles. The molecule has 0 aromatic heterocycles. The van der Waals surface area contributed by atoms with E-state index in [9.17, 15) is 8.42 Å². The van der Waals surface area contributed by atoms with Crippen LogP contribution in [0, 0.1) is 0 Å². The monoisotopic (exact) mass is 339 g/mol. The van der Waals surface area contributed by atoms with Crippen molar-refractivity contribution in [3.63, 3.8) is 0 Å². The Kier molecular flexibility index (Phi) is 4.67. The highest BCUT2D eigenvalue weighted by Gasteiger charge is 2.41. The van der Waals surface area contributed by atoms with Gasteiger partial charge in [-0.2, -0.15) is 0 Å². The van der Waals surface area contributed by atoms with Crippen LogP contribution in [0.1, 0.15) is 46.0 Å². The van der Waals surface area contributed by atoms with Crippen LogP contribution < -0.4 is 9.46 Å². The van der Waals surface area contributed by atoms with E-state index in [2.05, 4.69) is 4.72 Å². The average molecular weight is 339 g/mol.